The Morgan fingerprint density at radius 1 is 1.33 bits per heavy atom. The molecule has 0 atom stereocenters. The maximum atomic E-state index is 12.6. The first kappa shape index (κ1) is 12.3. The van der Waals surface area contributed by atoms with Crippen LogP contribution in [0.15, 0.2) is 36.5 Å². The smallest absolute Gasteiger partial charge is 0.257 e. The number of pyridine rings is 1. The molecule has 1 aromatic carbocycles. The molecule has 2 N–H and O–H groups in total. The van der Waals surface area contributed by atoms with Crippen LogP contribution in [0.4, 0.5) is 10.1 Å². The number of nitrogens with one attached hydrogen (secondary N) is 1. The zero-order valence-corrected chi connectivity index (χ0v) is 9.78. The van der Waals surface area contributed by atoms with Gasteiger partial charge in [0, 0.05) is 11.9 Å². The number of carbonyl (C=O) groups is 1. The monoisotopic (exact) mass is 266 g/mol. The van der Waals surface area contributed by atoms with E-state index in [1.165, 1.54) is 24.3 Å². The van der Waals surface area contributed by atoms with Gasteiger partial charge in [-0.2, -0.15) is 4.39 Å². The number of anilines is 1. The number of hydrogen-bond donors (Lipinski definition) is 2. The summed E-state index contributed by atoms with van der Waals surface area (Å²) in [7, 11) is 0. The molecule has 0 unspecified atom stereocenters. The van der Waals surface area contributed by atoms with Gasteiger partial charge in [-0.05, 0) is 30.3 Å². The molecule has 1 amide bonds. The summed E-state index contributed by atoms with van der Waals surface area (Å²) in [5, 5.41) is 11.9. The number of aromatic hydroxyl groups is 1. The summed E-state index contributed by atoms with van der Waals surface area (Å²) >= 11 is 5.70. The van der Waals surface area contributed by atoms with Crippen molar-refractivity contribution in [1.82, 2.24) is 4.98 Å². The highest BCUT2D eigenvalue weighted by atomic mass is 35.5. The molecule has 1 heterocycles. The van der Waals surface area contributed by atoms with E-state index in [4.69, 9.17) is 11.6 Å². The zero-order valence-electron chi connectivity index (χ0n) is 9.02. The number of hydrogen-bond acceptors (Lipinski definition) is 3. The molecule has 0 spiro atoms. The summed E-state index contributed by atoms with van der Waals surface area (Å²) in [6.07, 6.45) is 1.13. The molecule has 0 aliphatic heterocycles. The highest BCUT2D eigenvalue weighted by Gasteiger charge is 2.08. The second-order valence-corrected chi connectivity index (χ2v) is 3.90. The lowest BCUT2D eigenvalue weighted by Gasteiger charge is -2.06. The fourth-order valence-corrected chi connectivity index (χ4v) is 1.48. The Morgan fingerprint density at radius 2 is 2.11 bits per heavy atom. The van der Waals surface area contributed by atoms with Crippen LogP contribution in [0.2, 0.25) is 5.02 Å². The van der Waals surface area contributed by atoms with Crippen LogP contribution in [0.25, 0.3) is 0 Å². The van der Waals surface area contributed by atoms with E-state index >= 15 is 0 Å². The van der Waals surface area contributed by atoms with Gasteiger partial charge in [0.05, 0.1) is 10.6 Å². The first-order chi connectivity index (χ1) is 8.56. The number of aromatic nitrogens is 1. The molecular formula is C12H8ClFN2O2. The number of nitrogens with zero attached hydrogens (tertiary/aromatic N) is 1. The minimum absolute atomic E-state index is 0.0712. The molecule has 2 rings (SSSR count). The van der Waals surface area contributed by atoms with Crippen molar-refractivity contribution in [2.45, 2.75) is 0 Å². The summed E-state index contributed by atoms with van der Waals surface area (Å²) in [6.45, 7) is 0. The maximum absolute atomic E-state index is 12.6. The Balaban J connectivity index is 2.16. The Labute approximate surface area is 107 Å². The van der Waals surface area contributed by atoms with Gasteiger partial charge in [-0.15, -0.1) is 0 Å². The molecule has 0 radical (unpaired) electrons. The Morgan fingerprint density at radius 3 is 2.72 bits per heavy atom. The molecule has 4 nitrogen and oxygen atoms in total. The molecule has 92 valence electrons. The van der Waals surface area contributed by atoms with Gasteiger partial charge in [-0.1, -0.05) is 11.6 Å². The van der Waals surface area contributed by atoms with Crippen molar-refractivity contribution < 1.29 is 14.3 Å². The van der Waals surface area contributed by atoms with E-state index < -0.39 is 11.9 Å². The van der Waals surface area contributed by atoms with Crippen LogP contribution in [-0.4, -0.2) is 16.0 Å². The molecule has 0 fully saturated rings. The topological polar surface area (TPSA) is 62.2 Å². The van der Waals surface area contributed by atoms with Crippen molar-refractivity contribution in [3.63, 3.8) is 0 Å². The van der Waals surface area contributed by atoms with Crippen LogP contribution in [0.5, 0.6) is 5.75 Å². The van der Waals surface area contributed by atoms with Gasteiger partial charge < -0.3 is 10.4 Å². The van der Waals surface area contributed by atoms with Gasteiger partial charge in [0.1, 0.15) is 5.75 Å². The highest BCUT2D eigenvalue weighted by molar-refractivity contribution is 6.32. The molecule has 0 bridgehead atoms. The van der Waals surface area contributed by atoms with Crippen LogP contribution in [0.3, 0.4) is 0 Å². The highest BCUT2D eigenvalue weighted by Crippen LogP contribution is 2.26. The van der Waals surface area contributed by atoms with E-state index in [0.29, 0.717) is 5.69 Å². The first-order valence-electron chi connectivity index (χ1n) is 4.97. The lowest BCUT2D eigenvalue weighted by molar-refractivity contribution is 0.102. The minimum Gasteiger partial charge on any atom is -0.506 e. The van der Waals surface area contributed by atoms with Crippen LogP contribution in [0, 0.1) is 5.95 Å². The van der Waals surface area contributed by atoms with Gasteiger partial charge in [0.25, 0.3) is 5.91 Å². The van der Waals surface area contributed by atoms with E-state index in [0.717, 1.165) is 12.3 Å². The van der Waals surface area contributed by atoms with Gasteiger partial charge in [0.15, 0.2) is 0 Å². The van der Waals surface area contributed by atoms with Crippen molar-refractivity contribution in [3.05, 3.63) is 53.1 Å². The summed E-state index contributed by atoms with van der Waals surface area (Å²) in [5.41, 5.74) is 0.646. The molecule has 6 heteroatoms. The number of amides is 1. The van der Waals surface area contributed by atoms with Crippen molar-refractivity contribution in [2.75, 3.05) is 5.32 Å². The quantitative estimate of drug-likeness (QED) is 0.649. The van der Waals surface area contributed by atoms with Crippen LogP contribution in [0.1, 0.15) is 10.4 Å². The number of phenols is 1. The summed E-state index contributed by atoms with van der Waals surface area (Å²) < 4.78 is 12.6. The standard InChI is InChI=1S/C12H8ClFN2O2/c13-9-5-8(2-3-10(9)17)16-12(18)7-1-4-11(14)15-6-7/h1-6,17H,(H,16,18). The Bertz CT molecular complexity index is 587. The fourth-order valence-electron chi connectivity index (χ4n) is 1.30. The average Bonchev–Trinajstić information content (AvgIpc) is 2.34. The lowest BCUT2D eigenvalue weighted by Crippen LogP contribution is -2.12. The predicted octanol–water partition coefficient (Wildman–Crippen LogP) is 2.83. The van der Waals surface area contributed by atoms with Crippen molar-refractivity contribution >= 4 is 23.2 Å². The molecule has 1 aromatic heterocycles. The predicted molar refractivity (Wildman–Crippen MR) is 65.3 cm³/mol. The SMILES string of the molecule is O=C(Nc1ccc(O)c(Cl)c1)c1ccc(F)nc1. The third kappa shape index (κ3) is 2.75. The number of rotatable bonds is 2. The zero-order chi connectivity index (χ0) is 13.1. The van der Waals surface area contributed by atoms with Crippen molar-refractivity contribution in [2.24, 2.45) is 0 Å². The third-order valence-electron chi connectivity index (χ3n) is 2.20. The number of phenolic OH excluding ortho intramolecular Hbond substituents is 1. The average molecular weight is 267 g/mol. The second kappa shape index (κ2) is 5.01. The molecule has 0 saturated carbocycles. The van der Waals surface area contributed by atoms with Gasteiger partial charge in [-0.3, -0.25) is 4.79 Å². The summed E-state index contributed by atoms with van der Waals surface area (Å²) in [4.78, 5) is 15.1. The van der Waals surface area contributed by atoms with E-state index in [1.807, 2.05) is 0 Å². The van der Waals surface area contributed by atoms with Gasteiger partial charge in [0.2, 0.25) is 5.95 Å². The normalized spacial score (nSPS) is 10.1. The van der Waals surface area contributed by atoms with E-state index in [1.54, 1.807) is 0 Å². The molecule has 0 saturated heterocycles. The maximum Gasteiger partial charge on any atom is 0.257 e. The number of carbonyl (C=O) groups excluding carboxylic acids is 1. The second-order valence-electron chi connectivity index (χ2n) is 3.49. The fraction of sp³-hybridized carbons (Fsp3) is 0. The Kier molecular flexibility index (Phi) is 3.43. The minimum atomic E-state index is -0.653. The van der Waals surface area contributed by atoms with Crippen molar-refractivity contribution in [3.8, 4) is 5.75 Å². The first-order valence-corrected chi connectivity index (χ1v) is 5.35. The largest absolute Gasteiger partial charge is 0.506 e. The van der Waals surface area contributed by atoms with Crippen LogP contribution < -0.4 is 5.32 Å². The van der Waals surface area contributed by atoms with E-state index in [2.05, 4.69) is 10.3 Å². The van der Waals surface area contributed by atoms with E-state index in [-0.39, 0.29) is 16.3 Å². The van der Waals surface area contributed by atoms with Crippen LogP contribution >= 0.6 is 11.6 Å². The molecule has 0 aliphatic rings. The number of benzene rings is 1. The molecule has 2 aromatic rings. The van der Waals surface area contributed by atoms with E-state index in [9.17, 15) is 14.3 Å². The van der Waals surface area contributed by atoms with Gasteiger partial charge in [-0.25, -0.2) is 4.98 Å². The Hall–Kier alpha value is -2.14. The van der Waals surface area contributed by atoms with Crippen LogP contribution in [-0.2, 0) is 0 Å². The number of halogens is 2. The summed E-state index contributed by atoms with van der Waals surface area (Å²) in [5.74, 6) is -1.17. The van der Waals surface area contributed by atoms with Gasteiger partial charge >= 0.3 is 0 Å². The molecule has 0 aliphatic carbocycles. The van der Waals surface area contributed by atoms with Crippen molar-refractivity contribution in [1.29, 1.82) is 0 Å². The summed E-state index contributed by atoms with van der Waals surface area (Å²) in [6, 6.07) is 6.68. The lowest BCUT2D eigenvalue weighted by atomic mass is 10.2. The molecule has 18 heavy (non-hydrogen) atoms. The molecular weight excluding hydrogens is 259 g/mol. The third-order valence-corrected chi connectivity index (χ3v) is 2.50.